The van der Waals surface area contributed by atoms with Gasteiger partial charge in [-0.3, -0.25) is 9.59 Å². The van der Waals surface area contributed by atoms with Gasteiger partial charge in [-0.2, -0.15) is 0 Å². The van der Waals surface area contributed by atoms with Crippen LogP contribution in [0.25, 0.3) is 0 Å². The molecule has 218 valence electrons. The summed E-state index contributed by atoms with van der Waals surface area (Å²) in [5.74, 6) is 0.149. The van der Waals surface area contributed by atoms with Gasteiger partial charge in [-0.15, -0.1) is 0 Å². The number of hydrogen-bond donors (Lipinski definition) is 2. The van der Waals surface area contributed by atoms with E-state index in [1.807, 2.05) is 59.5 Å². The van der Waals surface area contributed by atoms with E-state index in [9.17, 15) is 9.59 Å². The van der Waals surface area contributed by atoms with Crippen LogP contribution in [0.5, 0.6) is 0 Å². The first-order chi connectivity index (χ1) is 19.2. The average molecular weight is 569 g/mol. The number of likely N-dealkylation sites (tertiary alicyclic amines) is 1. The van der Waals surface area contributed by atoms with Crippen molar-refractivity contribution in [3.63, 3.8) is 0 Å². The number of likely N-dealkylation sites (N-methyl/N-ethyl adjacent to an activating group) is 1. The molecule has 2 fully saturated rings. The predicted molar refractivity (Wildman–Crippen MR) is 161 cm³/mol. The zero-order valence-corrected chi connectivity index (χ0v) is 24.9. The van der Waals surface area contributed by atoms with Crippen molar-refractivity contribution in [1.29, 1.82) is 0 Å². The van der Waals surface area contributed by atoms with E-state index in [0.29, 0.717) is 42.1 Å². The number of carbonyl (C=O) groups excluding carboxylic acids is 2. The van der Waals surface area contributed by atoms with Crippen molar-refractivity contribution < 1.29 is 9.59 Å². The molecule has 40 heavy (non-hydrogen) atoms. The minimum Gasteiger partial charge on any atom is -0.342 e. The van der Waals surface area contributed by atoms with Gasteiger partial charge in [0.25, 0.3) is 0 Å². The summed E-state index contributed by atoms with van der Waals surface area (Å²) in [6.45, 7) is 11.1. The SMILES string of the molecule is CC(C)CN(C1CCN(C(=O)C(Cc2ccc(Cl)cc2)NC(=O)C(N)c2ccccc2)CC1)N1CCN(C)CC1. The van der Waals surface area contributed by atoms with Gasteiger partial charge in [0, 0.05) is 63.3 Å². The fourth-order valence-corrected chi connectivity index (χ4v) is 5.78. The molecule has 0 aromatic heterocycles. The Balaban J connectivity index is 1.43. The van der Waals surface area contributed by atoms with E-state index < -0.39 is 12.1 Å². The Morgan fingerprint density at radius 3 is 2.20 bits per heavy atom. The summed E-state index contributed by atoms with van der Waals surface area (Å²) in [6.07, 6.45) is 2.20. The normalized spacial score (nSPS) is 19.1. The zero-order valence-electron chi connectivity index (χ0n) is 24.1. The summed E-state index contributed by atoms with van der Waals surface area (Å²) < 4.78 is 0. The molecule has 0 spiro atoms. The number of hydrazine groups is 1. The van der Waals surface area contributed by atoms with Gasteiger partial charge in [0.1, 0.15) is 12.1 Å². The third kappa shape index (κ3) is 8.27. The first kappa shape index (κ1) is 30.5. The number of piperazine rings is 1. The highest BCUT2D eigenvalue weighted by Crippen LogP contribution is 2.23. The number of benzene rings is 2. The highest BCUT2D eigenvalue weighted by atomic mass is 35.5. The van der Waals surface area contributed by atoms with Crippen molar-refractivity contribution in [2.45, 2.75) is 51.2 Å². The van der Waals surface area contributed by atoms with Crippen LogP contribution >= 0.6 is 11.6 Å². The van der Waals surface area contributed by atoms with Crippen molar-refractivity contribution in [3.05, 3.63) is 70.7 Å². The fraction of sp³-hybridized carbons (Fsp3) is 0.548. The smallest absolute Gasteiger partial charge is 0.245 e. The maximum Gasteiger partial charge on any atom is 0.245 e. The highest BCUT2D eigenvalue weighted by Gasteiger charge is 2.34. The van der Waals surface area contributed by atoms with Crippen LogP contribution in [0.2, 0.25) is 5.02 Å². The Morgan fingerprint density at radius 1 is 0.975 bits per heavy atom. The lowest BCUT2D eigenvalue weighted by molar-refractivity contribution is -0.141. The van der Waals surface area contributed by atoms with Crippen LogP contribution in [-0.4, -0.2) is 96.6 Å². The van der Waals surface area contributed by atoms with Crippen LogP contribution in [0, 0.1) is 5.92 Å². The molecule has 2 unspecified atom stereocenters. The van der Waals surface area contributed by atoms with E-state index in [2.05, 4.69) is 41.1 Å². The molecule has 0 radical (unpaired) electrons. The molecule has 4 rings (SSSR count). The molecule has 2 aromatic rings. The summed E-state index contributed by atoms with van der Waals surface area (Å²) in [7, 11) is 2.18. The molecule has 3 N–H and O–H groups in total. The van der Waals surface area contributed by atoms with E-state index in [1.54, 1.807) is 0 Å². The first-order valence-electron chi connectivity index (χ1n) is 14.6. The molecular weight excluding hydrogens is 524 g/mol. The third-order valence-corrected chi connectivity index (χ3v) is 8.25. The van der Waals surface area contributed by atoms with Gasteiger partial charge in [0.05, 0.1) is 0 Å². The molecular formula is C31H45ClN6O2. The number of nitrogens with two attached hydrogens (primary N) is 1. The summed E-state index contributed by atoms with van der Waals surface area (Å²) >= 11 is 6.09. The number of hydrogen-bond acceptors (Lipinski definition) is 6. The minimum atomic E-state index is -0.847. The highest BCUT2D eigenvalue weighted by molar-refractivity contribution is 6.30. The van der Waals surface area contributed by atoms with Crippen LogP contribution in [0.4, 0.5) is 0 Å². The van der Waals surface area contributed by atoms with Gasteiger partial charge in [-0.1, -0.05) is 67.9 Å². The van der Waals surface area contributed by atoms with E-state index in [4.69, 9.17) is 17.3 Å². The van der Waals surface area contributed by atoms with Crippen molar-refractivity contribution in [2.24, 2.45) is 11.7 Å². The molecule has 2 heterocycles. The van der Waals surface area contributed by atoms with Gasteiger partial charge in [-0.25, -0.2) is 10.0 Å². The van der Waals surface area contributed by atoms with E-state index >= 15 is 0 Å². The number of amides is 2. The second kappa shape index (κ2) is 14.4. The quantitative estimate of drug-likeness (QED) is 0.458. The van der Waals surface area contributed by atoms with Gasteiger partial charge < -0.3 is 20.9 Å². The van der Waals surface area contributed by atoms with Crippen molar-refractivity contribution in [3.8, 4) is 0 Å². The number of nitrogens with zero attached hydrogens (tertiary/aromatic N) is 4. The standard InChI is InChI=1S/C31H45ClN6O2/c1-23(2)22-38(37-19-17-35(3)18-20-37)27-13-15-36(16-14-27)31(40)28(21-24-9-11-26(32)12-10-24)34-30(39)29(33)25-7-5-4-6-8-25/h4-12,23,27-29H,13-22,33H2,1-3H3,(H,34,39). The Labute approximate surface area is 244 Å². The first-order valence-corrected chi connectivity index (χ1v) is 14.9. The molecule has 2 aliphatic heterocycles. The lowest BCUT2D eigenvalue weighted by Gasteiger charge is -2.47. The monoisotopic (exact) mass is 568 g/mol. The maximum absolute atomic E-state index is 13.9. The molecule has 2 atom stereocenters. The van der Waals surface area contributed by atoms with Crippen molar-refractivity contribution in [2.75, 3.05) is 52.9 Å². The molecule has 0 saturated carbocycles. The van der Waals surface area contributed by atoms with Crippen LogP contribution in [0.3, 0.4) is 0 Å². The van der Waals surface area contributed by atoms with Gasteiger partial charge in [0.2, 0.25) is 11.8 Å². The minimum absolute atomic E-state index is 0.0583. The topological polar surface area (TPSA) is 85.1 Å². The van der Waals surface area contributed by atoms with Crippen molar-refractivity contribution in [1.82, 2.24) is 25.1 Å². The summed E-state index contributed by atoms with van der Waals surface area (Å²) in [4.78, 5) is 31.4. The Kier molecular flexibility index (Phi) is 11.0. The van der Waals surface area contributed by atoms with E-state index in [1.165, 1.54) is 0 Å². The largest absolute Gasteiger partial charge is 0.342 e. The number of nitrogens with one attached hydrogen (secondary N) is 1. The Bertz CT molecular complexity index is 1080. The Morgan fingerprint density at radius 2 is 1.60 bits per heavy atom. The van der Waals surface area contributed by atoms with Gasteiger partial charge >= 0.3 is 0 Å². The second-order valence-corrected chi connectivity index (χ2v) is 12.0. The number of carbonyl (C=O) groups is 2. The van der Waals surface area contributed by atoms with Crippen LogP contribution in [-0.2, 0) is 16.0 Å². The summed E-state index contributed by atoms with van der Waals surface area (Å²) in [6, 6.07) is 15.5. The van der Waals surface area contributed by atoms with Crippen LogP contribution < -0.4 is 11.1 Å². The number of rotatable bonds is 10. The predicted octanol–water partition coefficient (Wildman–Crippen LogP) is 3.18. The summed E-state index contributed by atoms with van der Waals surface area (Å²) in [5, 5.41) is 8.71. The molecule has 8 nitrogen and oxygen atoms in total. The summed E-state index contributed by atoms with van der Waals surface area (Å²) in [5.41, 5.74) is 7.93. The fourth-order valence-electron chi connectivity index (χ4n) is 5.66. The molecule has 0 bridgehead atoms. The van der Waals surface area contributed by atoms with Gasteiger partial charge in [-0.05, 0) is 49.1 Å². The van der Waals surface area contributed by atoms with Crippen molar-refractivity contribution >= 4 is 23.4 Å². The average Bonchev–Trinajstić information content (AvgIpc) is 2.97. The number of halogens is 1. The zero-order chi connectivity index (χ0) is 28.6. The third-order valence-electron chi connectivity index (χ3n) is 8.00. The van der Waals surface area contributed by atoms with Crippen LogP contribution in [0.15, 0.2) is 54.6 Å². The Hall–Kier alpha value is -2.49. The molecule has 2 amide bonds. The maximum atomic E-state index is 13.9. The second-order valence-electron chi connectivity index (χ2n) is 11.6. The lowest BCUT2D eigenvalue weighted by Crippen LogP contribution is -2.60. The molecule has 0 aliphatic carbocycles. The molecule has 9 heteroatoms. The lowest BCUT2D eigenvalue weighted by atomic mass is 9.99. The molecule has 2 saturated heterocycles. The van der Waals surface area contributed by atoms with Gasteiger partial charge in [0.15, 0.2) is 0 Å². The number of piperidine rings is 1. The van der Waals surface area contributed by atoms with E-state index in [0.717, 1.165) is 51.1 Å². The van der Waals surface area contributed by atoms with E-state index in [-0.39, 0.29) is 11.8 Å². The molecule has 2 aliphatic rings. The van der Waals surface area contributed by atoms with Crippen LogP contribution in [0.1, 0.15) is 43.9 Å². The molecule has 2 aromatic carbocycles.